The fraction of sp³-hybridized carbons (Fsp3) is 0.400. The van der Waals surface area contributed by atoms with E-state index in [1.807, 2.05) is 11.0 Å². The number of likely N-dealkylation sites (N-methyl/N-ethyl adjacent to an activating group) is 1. The number of carbonyl (C=O) groups is 1. The molecular formula is C20H22N6O2. The number of hydrogen-bond acceptors (Lipinski definition) is 7. The van der Waals surface area contributed by atoms with Gasteiger partial charge < -0.3 is 20.2 Å². The Labute approximate surface area is 163 Å². The highest BCUT2D eigenvalue weighted by molar-refractivity contribution is 6.01. The summed E-state index contributed by atoms with van der Waals surface area (Å²) in [5.74, 6) is 0.550. The van der Waals surface area contributed by atoms with E-state index in [-0.39, 0.29) is 24.2 Å². The molecule has 1 amide bonds. The number of likely N-dealkylation sites (tertiary alicyclic amines) is 1. The number of carbonyl (C=O) groups excluding carboxylic acids is 1. The predicted molar refractivity (Wildman–Crippen MR) is 105 cm³/mol. The van der Waals surface area contributed by atoms with Crippen LogP contribution in [0.2, 0.25) is 0 Å². The van der Waals surface area contributed by atoms with Gasteiger partial charge in [-0.15, -0.1) is 10.2 Å². The number of nitrogens with one attached hydrogen (secondary N) is 1. The van der Waals surface area contributed by atoms with Crippen molar-refractivity contribution in [3.8, 4) is 23.1 Å². The third-order valence-electron chi connectivity index (χ3n) is 5.37. The fourth-order valence-corrected chi connectivity index (χ4v) is 4.09. The Balaban J connectivity index is 1.73. The molecule has 1 aromatic carbocycles. The normalized spacial score (nSPS) is 19.7. The minimum Gasteiger partial charge on any atom is -0.507 e. The molecule has 3 heterocycles. The third-order valence-corrected chi connectivity index (χ3v) is 5.37. The number of aryl methyl sites for hydroxylation is 1. The van der Waals surface area contributed by atoms with E-state index in [9.17, 15) is 9.90 Å². The molecule has 0 bridgehead atoms. The van der Waals surface area contributed by atoms with Gasteiger partial charge in [-0.25, -0.2) is 0 Å². The number of phenolic OH excluding ortho intramolecular Hbond substituents is 1. The Hall–Kier alpha value is -3.18. The average molecular weight is 378 g/mol. The van der Waals surface area contributed by atoms with Crippen molar-refractivity contribution >= 4 is 17.4 Å². The Morgan fingerprint density at radius 1 is 1.32 bits per heavy atom. The van der Waals surface area contributed by atoms with Crippen LogP contribution in [0.5, 0.6) is 5.75 Å². The molecule has 28 heavy (non-hydrogen) atoms. The van der Waals surface area contributed by atoms with Gasteiger partial charge in [0.1, 0.15) is 5.75 Å². The molecule has 0 unspecified atom stereocenters. The standard InChI is InChI=1S/C20H22N6O2/c1-12-6-13(9-21)7-17(27)19(12)15-8-16-20(24-23-15)26(11-18(28)22-16)14-4-3-5-25(2)10-14/h6-8,14,27H,3-5,10-11H2,1-2H3,(H,22,28)/t14-/m0/s1. The number of nitrogens with zero attached hydrogens (tertiary/aromatic N) is 5. The Morgan fingerprint density at radius 2 is 2.14 bits per heavy atom. The molecule has 2 aliphatic heterocycles. The van der Waals surface area contributed by atoms with Gasteiger partial charge in [0.05, 0.1) is 29.6 Å². The van der Waals surface area contributed by atoms with E-state index in [1.165, 1.54) is 6.07 Å². The summed E-state index contributed by atoms with van der Waals surface area (Å²) >= 11 is 0. The van der Waals surface area contributed by atoms with Gasteiger partial charge in [-0.2, -0.15) is 5.26 Å². The van der Waals surface area contributed by atoms with Crippen molar-refractivity contribution in [3.05, 3.63) is 29.3 Å². The summed E-state index contributed by atoms with van der Waals surface area (Å²) in [5, 5.41) is 31.1. The minimum absolute atomic E-state index is 0.0290. The van der Waals surface area contributed by atoms with Crippen LogP contribution in [0, 0.1) is 18.3 Å². The smallest absolute Gasteiger partial charge is 0.244 e. The van der Waals surface area contributed by atoms with Crippen LogP contribution in [0.4, 0.5) is 11.5 Å². The maximum atomic E-state index is 12.3. The molecule has 1 atom stereocenters. The second-order valence-corrected chi connectivity index (χ2v) is 7.50. The molecular weight excluding hydrogens is 356 g/mol. The highest BCUT2D eigenvalue weighted by Gasteiger charge is 2.32. The first-order valence-electron chi connectivity index (χ1n) is 9.33. The molecule has 8 nitrogen and oxygen atoms in total. The first-order valence-corrected chi connectivity index (χ1v) is 9.33. The quantitative estimate of drug-likeness (QED) is 0.822. The number of aromatic nitrogens is 2. The number of amides is 1. The SMILES string of the molecule is Cc1cc(C#N)cc(O)c1-c1cc2c(nn1)N([C@H]1CCCN(C)C1)CC(=O)N2. The molecule has 8 heteroatoms. The Morgan fingerprint density at radius 3 is 2.86 bits per heavy atom. The van der Waals surface area contributed by atoms with Crippen molar-refractivity contribution in [2.75, 3.05) is 36.9 Å². The van der Waals surface area contributed by atoms with Crippen LogP contribution in [0.3, 0.4) is 0 Å². The van der Waals surface area contributed by atoms with Gasteiger partial charge in [0.25, 0.3) is 0 Å². The Bertz CT molecular complexity index is 960. The topological polar surface area (TPSA) is 105 Å². The molecule has 0 radical (unpaired) electrons. The van der Waals surface area contributed by atoms with Crippen molar-refractivity contribution in [3.63, 3.8) is 0 Å². The number of fused-ring (bicyclic) bond motifs is 1. The third kappa shape index (κ3) is 3.25. The Kier molecular flexibility index (Phi) is 4.61. The van der Waals surface area contributed by atoms with Crippen molar-refractivity contribution in [2.24, 2.45) is 0 Å². The highest BCUT2D eigenvalue weighted by atomic mass is 16.3. The first-order chi connectivity index (χ1) is 13.5. The zero-order valence-electron chi connectivity index (χ0n) is 15.9. The number of phenols is 1. The largest absolute Gasteiger partial charge is 0.507 e. The van der Waals surface area contributed by atoms with Crippen LogP contribution < -0.4 is 10.2 Å². The van der Waals surface area contributed by atoms with E-state index in [1.54, 1.807) is 19.1 Å². The molecule has 1 saturated heterocycles. The molecule has 0 saturated carbocycles. The van der Waals surface area contributed by atoms with Crippen LogP contribution in [0.1, 0.15) is 24.0 Å². The minimum atomic E-state index is -0.0829. The summed E-state index contributed by atoms with van der Waals surface area (Å²) in [6, 6.07) is 7.09. The van der Waals surface area contributed by atoms with Gasteiger partial charge >= 0.3 is 0 Å². The summed E-state index contributed by atoms with van der Waals surface area (Å²) in [6.45, 7) is 4.01. The van der Waals surface area contributed by atoms with Gasteiger partial charge in [0.2, 0.25) is 5.91 Å². The fourth-order valence-electron chi connectivity index (χ4n) is 4.09. The number of aromatic hydroxyl groups is 1. The molecule has 0 spiro atoms. The number of rotatable bonds is 2. The lowest BCUT2D eigenvalue weighted by molar-refractivity contribution is -0.115. The van der Waals surface area contributed by atoms with Gasteiger partial charge in [-0.3, -0.25) is 4.79 Å². The second-order valence-electron chi connectivity index (χ2n) is 7.50. The van der Waals surface area contributed by atoms with Crippen LogP contribution in [0.15, 0.2) is 18.2 Å². The lowest BCUT2D eigenvalue weighted by atomic mass is 10.0. The van der Waals surface area contributed by atoms with Crippen LogP contribution in [-0.4, -0.2) is 58.8 Å². The number of piperidine rings is 1. The number of nitriles is 1. The first kappa shape index (κ1) is 18.2. The zero-order chi connectivity index (χ0) is 19.8. The monoisotopic (exact) mass is 378 g/mol. The maximum absolute atomic E-state index is 12.3. The van der Waals surface area contributed by atoms with Crippen molar-refractivity contribution in [2.45, 2.75) is 25.8 Å². The molecule has 4 rings (SSSR count). The second kappa shape index (κ2) is 7.09. The lowest BCUT2D eigenvalue weighted by Gasteiger charge is -2.40. The summed E-state index contributed by atoms with van der Waals surface area (Å²) < 4.78 is 0. The number of anilines is 2. The van der Waals surface area contributed by atoms with Gasteiger partial charge in [0, 0.05) is 18.2 Å². The van der Waals surface area contributed by atoms with Gasteiger partial charge in [0.15, 0.2) is 5.82 Å². The molecule has 2 N–H and O–H groups in total. The molecule has 0 aliphatic carbocycles. The van der Waals surface area contributed by atoms with Crippen molar-refractivity contribution < 1.29 is 9.90 Å². The summed E-state index contributed by atoms with van der Waals surface area (Å²) in [6.07, 6.45) is 2.09. The highest BCUT2D eigenvalue weighted by Crippen LogP contribution is 2.37. The van der Waals surface area contributed by atoms with Crippen molar-refractivity contribution in [1.29, 1.82) is 5.26 Å². The van der Waals surface area contributed by atoms with Crippen LogP contribution in [0.25, 0.3) is 11.3 Å². The van der Waals surface area contributed by atoms with Gasteiger partial charge in [-0.1, -0.05) is 0 Å². The molecule has 1 aromatic heterocycles. The van der Waals surface area contributed by atoms with Crippen molar-refractivity contribution in [1.82, 2.24) is 15.1 Å². The van der Waals surface area contributed by atoms with E-state index < -0.39 is 0 Å². The number of benzene rings is 1. The molecule has 2 aliphatic rings. The average Bonchev–Trinajstić information content (AvgIpc) is 2.66. The molecule has 2 aromatic rings. The number of hydrogen-bond donors (Lipinski definition) is 2. The van der Waals surface area contributed by atoms with Crippen LogP contribution >= 0.6 is 0 Å². The summed E-state index contributed by atoms with van der Waals surface area (Å²) in [5.41, 5.74) is 2.67. The lowest BCUT2D eigenvalue weighted by Crippen LogP contribution is -2.51. The van der Waals surface area contributed by atoms with E-state index in [0.717, 1.165) is 31.5 Å². The van der Waals surface area contributed by atoms with Gasteiger partial charge in [-0.05, 0) is 57.1 Å². The van der Waals surface area contributed by atoms with Crippen LogP contribution in [-0.2, 0) is 4.79 Å². The zero-order valence-corrected chi connectivity index (χ0v) is 15.9. The van der Waals surface area contributed by atoms with E-state index >= 15 is 0 Å². The predicted octanol–water partition coefficient (Wildman–Crippen LogP) is 1.88. The maximum Gasteiger partial charge on any atom is 0.244 e. The summed E-state index contributed by atoms with van der Waals surface area (Å²) in [4.78, 5) is 16.6. The van der Waals surface area contributed by atoms with E-state index in [0.29, 0.717) is 28.3 Å². The van der Waals surface area contributed by atoms with E-state index in [4.69, 9.17) is 5.26 Å². The summed E-state index contributed by atoms with van der Waals surface area (Å²) in [7, 11) is 2.09. The molecule has 1 fully saturated rings. The molecule has 144 valence electrons. The van der Waals surface area contributed by atoms with E-state index in [2.05, 4.69) is 27.5 Å².